The summed E-state index contributed by atoms with van der Waals surface area (Å²) in [7, 11) is 3.70. The second kappa shape index (κ2) is 8.16. The van der Waals surface area contributed by atoms with Gasteiger partial charge in [0.25, 0.3) is 5.91 Å². The van der Waals surface area contributed by atoms with Crippen molar-refractivity contribution in [1.29, 1.82) is 0 Å². The molecular formula is C21H26N6O2. The molecule has 1 aromatic carbocycles. The number of carbonyl (C=O) groups excluding carboxylic acids is 1. The Hall–Kier alpha value is -3.00. The number of likely N-dealkylation sites (N-methyl/N-ethyl adjacent to an activating group) is 1. The Labute approximate surface area is 169 Å². The van der Waals surface area contributed by atoms with Crippen LogP contribution in [-0.4, -0.2) is 64.3 Å². The van der Waals surface area contributed by atoms with E-state index in [4.69, 9.17) is 9.84 Å². The minimum Gasteiger partial charge on any atom is -0.496 e. The van der Waals surface area contributed by atoms with Gasteiger partial charge >= 0.3 is 0 Å². The fourth-order valence-electron chi connectivity index (χ4n) is 3.99. The third-order valence-corrected chi connectivity index (χ3v) is 5.44. The summed E-state index contributed by atoms with van der Waals surface area (Å²) in [5.41, 5.74) is 4.09. The molecule has 0 bridgehead atoms. The Kier molecular flexibility index (Phi) is 5.44. The van der Waals surface area contributed by atoms with Crippen molar-refractivity contribution in [2.24, 2.45) is 0 Å². The van der Waals surface area contributed by atoms with Crippen molar-refractivity contribution in [1.82, 2.24) is 30.0 Å². The molecule has 1 saturated heterocycles. The number of para-hydroxylation sites is 1. The first kappa shape index (κ1) is 19.3. The Morgan fingerprint density at radius 2 is 2.14 bits per heavy atom. The summed E-state index contributed by atoms with van der Waals surface area (Å²) in [6, 6.07) is 5.55. The molecule has 152 valence electrons. The molecule has 1 fully saturated rings. The molecule has 29 heavy (non-hydrogen) atoms. The first-order valence-electron chi connectivity index (χ1n) is 9.86. The molecule has 0 aliphatic carbocycles. The molecule has 1 unspecified atom stereocenters. The summed E-state index contributed by atoms with van der Waals surface area (Å²) in [5, 5.41) is 7.78. The van der Waals surface area contributed by atoms with Crippen LogP contribution in [0.25, 0.3) is 11.2 Å². The minimum atomic E-state index is -0.161. The quantitative estimate of drug-likeness (QED) is 0.688. The topological polar surface area (TPSA) is 85.2 Å². The number of methoxy groups -OCH3 is 1. The van der Waals surface area contributed by atoms with Gasteiger partial charge in [0.15, 0.2) is 5.65 Å². The summed E-state index contributed by atoms with van der Waals surface area (Å²) in [4.78, 5) is 23.9. The zero-order chi connectivity index (χ0) is 20.4. The van der Waals surface area contributed by atoms with Gasteiger partial charge in [0.1, 0.15) is 11.3 Å². The number of aryl methyl sites for hydroxylation is 1. The molecule has 3 heterocycles. The van der Waals surface area contributed by atoms with Gasteiger partial charge in [-0.25, -0.2) is 14.6 Å². The lowest BCUT2D eigenvalue weighted by molar-refractivity contribution is 0.0949. The molecule has 1 atom stereocenters. The molecule has 3 aromatic rings. The number of hydrogen-bond donors (Lipinski definition) is 1. The lowest BCUT2D eigenvalue weighted by Crippen LogP contribution is -2.28. The Bertz CT molecular complexity index is 1030. The second-order valence-corrected chi connectivity index (χ2v) is 7.50. The molecule has 8 nitrogen and oxygen atoms in total. The summed E-state index contributed by atoms with van der Waals surface area (Å²) >= 11 is 0. The van der Waals surface area contributed by atoms with Crippen molar-refractivity contribution in [2.45, 2.75) is 25.8 Å². The van der Waals surface area contributed by atoms with Crippen molar-refractivity contribution < 1.29 is 9.53 Å². The number of ether oxygens (including phenoxy) is 1. The zero-order valence-corrected chi connectivity index (χ0v) is 17.1. The van der Waals surface area contributed by atoms with Crippen LogP contribution in [0.3, 0.4) is 0 Å². The normalized spacial score (nSPS) is 17.0. The molecule has 1 N–H and O–H groups in total. The summed E-state index contributed by atoms with van der Waals surface area (Å²) in [6.07, 6.45) is 4.46. The highest BCUT2D eigenvalue weighted by Gasteiger charge is 2.27. The van der Waals surface area contributed by atoms with Gasteiger partial charge in [-0.05, 0) is 38.6 Å². The summed E-state index contributed by atoms with van der Waals surface area (Å²) in [5.74, 6) is 0.811. The number of fused-ring (bicyclic) bond motifs is 1. The molecule has 1 aliphatic heterocycles. The number of rotatable bonds is 6. The molecule has 1 aliphatic rings. The van der Waals surface area contributed by atoms with Gasteiger partial charge in [-0.1, -0.05) is 12.1 Å². The van der Waals surface area contributed by atoms with E-state index in [1.807, 2.05) is 23.7 Å². The maximum absolute atomic E-state index is 12.6. The van der Waals surface area contributed by atoms with Gasteiger partial charge in [0, 0.05) is 31.4 Å². The number of amides is 1. The third-order valence-electron chi connectivity index (χ3n) is 5.44. The fraction of sp³-hybridized carbons (Fsp3) is 0.429. The van der Waals surface area contributed by atoms with Crippen molar-refractivity contribution in [3.63, 3.8) is 0 Å². The van der Waals surface area contributed by atoms with Crippen LogP contribution in [0.5, 0.6) is 5.75 Å². The number of aromatic nitrogens is 4. The highest BCUT2D eigenvalue weighted by Crippen LogP contribution is 2.29. The largest absolute Gasteiger partial charge is 0.496 e. The maximum Gasteiger partial charge on any atom is 0.255 e. The summed E-state index contributed by atoms with van der Waals surface area (Å²) < 4.78 is 7.24. The van der Waals surface area contributed by atoms with E-state index >= 15 is 0 Å². The average molecular weight is 394 g/mol. The lowest BCUT2D eigenvalue weighted by Gasteiger charge is -2.11. The lowest BCUT2D eigenvalue weighted by atomic mass is 10.0. The van der Waals surface area contributed by atoms with Crippen LogP contribution in [0.15, 0.2) is 30.6 Å². The van der Waals surface area contributed by atoms with Crippen LogP contribution in [0.1, 0.15) is 34.0 Å². The van der Waals surface area contributed by atoms with E-state index in [1.54, 1.807) is 25.6 Å². The van der Waals surface area contributed by atoms with Crippen LogP contribution in [0, 0.1) is 6.92 Å². The molecule has 0 radical (unpaired) electrons. The highest BCUT2D eigenvalue weighted by molar-refractivity contribution is 5.97. The Morgan fingerprint density at radius 3 is 2.90 bits per heavy atom. The van der Waals surface area contributed by atoms with E-state index in [0.717, 1.165) is 41.9 Å². The van der Waals surface area contributed by atoms with Gasteiger partial charge in [-0.3, -0.25) is 4.79 Å². The molecule has 2 aromatic heterocycles. The predicted octanol–water partition coefficient (Wildman–Crippen LogP) is 1.99. The van der Waals surface area contributed by atoms with Crippen LogP contribution in [0.4, 0.5) is 0 Å². The van der Waals surface area contributed by atoms with Crippen molar-refractivity contribution in [3.05, 3.63) is 47.4 Å². The number of likely N-dealkylation sites (tertiary alicyclic amines) is 1. The van der Waals surface area contributed by atoms with Gasteiger partial charge in [-0.2, -0.15) is 5.10 Å². The van der Waals surface area contributed by atoms with Crippen LogP contribution in [-0.2, 0) is 6.54 Å². The third kappa shape index (κ3) is 3.80. The maximum atomic E-state index is 12.6. The molecule has 0 saturated carbocycles. The first-order chi connectivity index (χ1) is 14.1. The minimum absolute atomic E-state index is 0.161. The van der Waals surface area contributed by atoms with Crippen LogP contribution in [0.2, 0.25) is 0 Å². The standard InChI is InChI=1S/C21H26N6O2/c1-14-5-4-6-16(19(14)29-3)21(28)24-10-12-27-20-18(22-8-9-23-20)17(25-27)15-7-11-26(2)13-15/h4-6,8-9,15H,7,10-13H2,1-3H3,(H,24,28). The van der Waals surface area contributed by atoms with Crippen LogP contribution < -0.4 is 10.1 Å². The van der Waals surface area contributed by atoms with Gasteiger partial charge < -0.3 is 15.0 Å². The smallest absolute Gasteiger partial charge is 0.255 e. The second-order valence-electron chi connectivity index (χ2n) is 7.50. The number of nitrogens with zero attached hydrogens (tertiary/aromatic N) is 5. The number of benzene rings is 1. The molecule has 8 heteroatoms. The van der Waals surface area contributed by atoms with Crippen molar-refractivity contribution in [2.75, 3.05) is 33.8 Å². The predicted molar refractivity (Wildman–Crippen MR) is 110 cm³/mol. The first-order valence-corrected chi connectivity index (χ1v) is 9.86. The van der Waals surface area contributed by atoms with E-state index in [1.165, 1.54) is 0 Å². The van der Waals surface area contributed by atoms with E-state index in [9.17, 15) is 4.79 Å². The van der Waals surface area contributed by atoms with E-state index in [-0.39, 0.29) is 5.91 Å². The monoisotopic (exact) mass is 394 g/mol. The summed E-state index contributed by atoms with van der Waals surface area (Å²) in [6.45, 7) is 4.93. The van der Waals surface area contributed by atoms with Crippen molar-refractivity contribution in [3.8, 4) is 5.75 Å². The molecular weight excluding hydrogens is 368 g/mol. The van der Waals surface area contributed by atoms with Crippen LogP contribution >= 0.6 is 0 Å². The fourth-order valence-corrected chi connectivity index (χ4v) is 3.99. The van der Waals surface area contributed by atoms with Gasteiger partial charge in [-0.15, -0.1) is 0 Å². The van der Waals surface area contributed by atoms with Gasteiger partial charge in [0.05, 0.1) is 24.9 Å². The van der Waals surface area contributed by atoms with Crippen molar-refractivity contribution >= 4 is 17.1 Å². The van der Waals surface area contributed by atoms with Gasteiger partial charge in [0.2, 0.25) is 0 Å². The number of carbonyl (C=O) groups is 1. The molecule has 4 rings (SSSR count). The average Bonchev–Trinajstić information content (AvgIpc) is 3.31. The van der Waals surface area contributed by atoms with E-state index in [2.05, 4.69) is 27.2 Å². The molecule has 0 spiro atoms. The van der Waals surface area contributed by atoms with E-state index < -0.39 is 0 Å². The number of nitrogens with one attached hydrogen (secondary N) is 1. The van der Waals surface area contributed by atoms with E-state index in [0.29, 0.717) is 30.3 Å². The molecule has 1 amide bonds. The SMILES string of the molecule is COc1c(C)cccc1C(=O)NCCn1nc(C2CCN(C)C2)c2nccnc21. The Morgan fingerprint density at radius 1 is 1.31 bits per heavy atom. The highest BCUT2D eigenvalue weighted by atomic mass is 16.5. The zero-order valence-electron chi connectivity index (χ0n) is 17.1. The number of hydrogen-bond acceptors (Lipinski definition) is 6. The Balaban J connectivity index is 1.49.